The Bertz CT molecular complexity index is 433. The minimum atomic E-state index is -0.551. The Balaban J connectivity index is 1.96. The molecule has 19 heavy (non-hydrogen) atoms. The van der Waals surface area contributed by atoms with Crippen LogP contribution in [0, 0.1) is 0 Å². The second-order valence-electron chi connectivity index (χ2n) is 4.93. The molecule has 1 heterocycles. The Kier molecular flexibility index (Phi) is 4.39. The highest BCUT2D eigenvalue weighted by Gasteiger charge is 2.27. The number of nitrogens with zero attached hydrogens (tertiary/aromatic N) is 1. The monoisotopic (exact) mass is 264 g/mol. The molecule has 104 valence electrons. The number of hydrogen-bond acceptors (Lipinski definition) is 4. The third-order valence-electron chi connectivity index (χ3n) is 3.36. The van der Waals surface area contributed by atoms with Crippen LogP contribution in [0.4, 0.5) is 0 Å². The highest BCUT2D eigenvalue weighted by atomic mass is 16.5. The van der Waals surface area contributed by atoms with Crippen molar-refractivity contribution in [2.45, 2.75) is 25.4 Å². The Morgan fingerprint density at radius 3 is 2.84 bits per heavy atom. The molecule has 0 spiro atoms. The van der Waals surface area contributed by atoms with E-state index in [1.807, 2.05) is 6.92 Å². The Hall–Kier alpha value is -1.59. The maximum atomic E-state index is 12.3. The van der Waals surface area contributed by atoms with Crippen molar-refractivity contribution in [2.75, 3.05) is 19.8 Å². The molecule has 0 aliphatic carbocycles. The van der Waals surface area contributed by atoms with Gasteiger partial charge in [0.05, 0.1) is 25.3 Å². The van der Waals surface area contributed by atoms with Gasteiger partial charge in [-0.3, -0.25) is 4.79 Å². The topological polar surface area (TPSA) is 75.8 Å². The molecular formula is C14H20N2O3. The third kappa shape index (κ3) is 3.45. The van der Waals surface area contributed by atoms with E-state index in [-0.39, 0.29) is 17.7 Å². The van der Waals surface area contributed by atoms with Gasteiger partial charge in [0.15, 0.2) is 0 Å². The van der Waals surface area contributed by atoms with Crippen molar-refractivity contribution in [1.29, 1.82) is 0 Å². The fourth-order valence-electron chi connectivity index (χ4n) is 2.24. The standard InChI is InChI=1S/C14H20N2O3/c1-10-9-19-7-6-16(10)14(18)13(15)8-11-2-4-12(17)5-3-11/h2-5,10,13,17H,6-9,15H2,1H3/t10-,13?/m1/s1. The maximum Gasteiger partial charge on any atom is 0.240 e. The van der Waals surface area contributed by atoms with Crippen LogP contribution in [0.5, 0.6) is 5.75 Å². The molecule has 2 rings (SSSR count). The Morgan fingerprint density at radius 1 is 1.53 bits per heavy atom. The number of benzene rings is 1. The van der Waals surface area contributed by atoms with Gasteiger partial charge in [0.2, 0.25) is 5.91 Å². The first-order chi connectivity index (χ1) is 9.08. The van der Waals surface area contributed by atoms with E-state index in [0.29, 0.717) is 26.2 Å². The van der Waals surface area contributed by atoms with Crippen molar-refractivity contribution in [3.63, 3.8) is 0 Å². The zero-order valence-electron chi connectivity index (χ0n) is 11.1. The minimum Gasteiger partial charge on any atom is -0.508 e. The number of ether oxygens (including phenoxy) is 1. The van der Waals surface area contributed by atoms with Crippen molar-refractivity contribution in [3.05, 3.63) is 29.8 Å². The summed E-state index contributed by atoms with van der Waals surface area (Å²) >= 11 is 0. The van der Waals surface area contributed by atoms with Crippen molar-refractivity contribution in [2.24, 2.45) is 5.73 Å². The molecule has 1 aliphatic heterocycles. The molecule has 0 bridgehead atoms. The summed E-state index contributed by atoms with van der Waals surface area (Å²) in [5.74, 6) is 0.175. The molecule has 2 atom stereocenters. The lowest BCUT2D eigenvalue weighted by atomic mass is 10.0. The van der Waals surface area contributed by atoms with E-state index in [1.54, 1.807) is 29.2 Å². The summed E-state index contributed by atoms with van der Waals surface area (Å²) in [5.41, 5.74) is 6.93. The molecule has 1 aromatic rings. The van der Waals surface area contributed by atoms with Crippen molar-refractivity contribution in [1.82, 2.24) is 4.90 Å². The summed E-state index contributed by atoms with van der Waals surface area (Å²) in [4.78, 5) is 14.1. The average Bonchev–Trinajstić information content (AvgIpc) is 2.41. The van der Waals surface area contributed by atoms with Gasteiger partial charge in [0.1, 0.15) is 5.75 Å². The number of aromatic hydroxyl groups is 1. The van der Waals surface area contributed by atoms with Gasteiger partial charge in [0.25, 0.3) is 0 Å². The summed E-state index contributed by atoms with van der Waals surface area (Å²) in [6.45, 7) is 3.70. The van der Waals surface area contributed by atoms with Crippen LogP contribution in [0.15, 0.2) is 24.3 Å². The first-order valence-electron chi connectivity index (χ1n) is 6.49. The van der Waals surface area contributed by atoms with Crippen LogP contribution in [-0.4, -0.2) is 47.8 Å². The second kappa shape index (κ2) is 6.04. The molecule has 1 aromatic carbocycles. The van der Waals surface area contributed by atoms with E-state index in [2.05, 4.69) is 0 Å². The molecule has 1 unspecified atom stereocenters. The Labute approximate surface area is 113 Å². The lowest BCUT2D eigenvalue weighted by Crippen LogP contribution is -2.53. The molecule has 1 saturated heterocycles. The number of carbonyl (C=O) groups excluding carboxylic acids is 1. The van der Waals surface area contributed by atoms with E-state index in [1.165, 1.54) is 0 Å². The lowest BCUT2D eigenvalue weighted by molar-refractivity contribution is -0.140. The van der Waals surface area contributed by atoms with Crippen LogP contribution < -0.4 is 5.73 Å². The maximum absolute atomic E-state index is 12.3. The van der Waals surface area contributed by atoms with E-state index in [0.717, 1.165) is 5.56 Å². The van der Waals surface area contributed by atoms with E-state index in [4.69, 9.17) is 10.5 Å². The summed E-state index contributed by atoms with van der Waals surface area (Å²) < 4.78 is 5.31. The highest BCUT2D eigenvalue weighted by molar-refractivity contribution is 5.82. The van der Waals surface area contributed by atoms with Gasteiger partial charge in [0, 0.05) is 6.54 Å². The van der Waals surface area contributed by atoms with Gasteiger partial charge in [-0.1, -0.05) is 12.1 Å². The van der Waals surface area contributed by atoms with Crippen LogP contribution in [0.1, 0.15) is 12.5 Å². The van der Waals surface area contributed by atoms with Crippen molar-refractivity contribution < 1.29 is 14.6 Å². The van der Waals surface area contributed by atoms with Crippen LogP contribution in [0.2, 0.25) is 0 Å². The number of rotatable bonds is 3. The smallest absolute Gasteiger partial charge is 0.240 e. The number of amides is 1. The number of morpholine rings is 1. The Morgan fingerprint density at radius 2 is 2.21 bits per heavy atom. The zero-order valence-corrected chi connectivity index (χ0v) is 11.1. The molecule has 5 nitrogen and oxygen atoms in total. The van der Waals surface area contributed by atoms with Gasteiger partial charge in [-0.15, -0.1) is 0 Å². The minimum absolute atomic E-state index is 0.0381. The number of nitrogens with two attached hydrogens (primary N) is 1. The molecule has 1 aliphatic rings. The van der Waals surface area contributed by atoms with Gasteiger partial charge < -0.3 is 20.5 Å². The molecule has 5 heteroatoms. The van der Waals surface area contributed by atoms with Crippen LogP contribution in [0.25, 0.3) is 0 Å². The van der Waals surface area contributed by atoms with Crippen molar-refractivity contribution in [3.8, 4) is 5.75 Å². The van der Waals surface area contributed by atoms with E-state index >= 15 is 0 Å². The van der Waals surface area contributed by atoms with Gasteiger partial charge in [-0.25, -0.2) is 0 Å². The number of carbonyl (C=O) groups is 1. The van der Waals surface area contributed by atoms with E-state index in [9.17, 15) is 9.90 Å². The van der Waals surface area contributed by atoms with Gasteiger partial charge in [-0.2, -0.15) is 0 Å². The summed E-state index contributed by atoms with van der Waals surface area (Å²) in [5, 5.41) is 9.22. The molecule has 1 fully saturated rings. The van der Waals surface area contributed by atoms with Crippen molar-refractivity contribution >= 4 is 5.91 Å². The predicted molar refractivity (Wildman–Crippen MR) is 71.8 cm³/mol. The molecule has 1 amide bonds. The SMILES string of the molecule is C[C@@H]1COCCN1C(=O)C(N)Cc1ccc(O)cc1. The average molecular weight is 264 g/mol. The summed E-state index contributed by atoms with van der Waals surface area (Å²) in [6, 6.07) is 6.29. The fourth-order valence-corrected chi connectivity index (χ4v) is 2.24. The number of phenolic OH excluding ortho intramolecular Hbond substituents is 1. The highest BCUT2D eigenvalue weighted by Crippen LogP contribution is 2.13. The second-order valence-corrected chi connectivity index (χ2v) is 4.93. The normalized spacial score (nSPS) is 21.2. The van der Waals surface area contributed by atoms with Gasteiger partial charge >= 0.3 is 0 Å². The van der Waals surface area contributed by atoms with Crippen LogP contribution in [-0.2, 0) is 16.0 Å². The molecular weight excluding hydrogens is 244 g/mol. The van der Waals surface area contributed by atoms with Crippen LogP contribution in [0.3, 0.4) is 0 Å². The zero-order chi connectivity index (χ0) is 13.8. The lowest BCUT2D eigenvalue weighted by Gasteiger charge is -2.35. The number of phenols is 1. The van der Waals surface area contributed by atoms with Crippen LogP contribution >= 0.6 is 0 Å². The first-order valence-corrected chi connectivity index (χ1v) is 6.49. The van der Waals surface area contributed by atoms with E-state index < -0.39 is 6.04 Å². The molecule has 0 saturated carbocycles. The molecule has 0 aromatic heterocycles. The quantitative estimate of drug-likeness (QED) is 0.834. The third-order valence-corrected chi connectivity index (χ3v) is 3.36. The molecule has 0 radical (unpaired) electrons. The largest absolute Gasteiger partial charge is 0.508 e. The molecule has 3 N–H and O–H groups in total. The first kappa shape index (κ1) is 13.8. The summed E-state index contributed by atoms with van der Waals surface area (Å²) in [6.07, 6.45) is 0.475. The number of hydrogen-bond donors (Lipinski definition) is 2. The predicted octanol–water partition coefficient (Wildman–Crippen LogP) is 0.509. The van der Waals surface area contributed by atoms with Gasteiger partial charge in [-0.05, 0) is 31.0 Å². The summed E-state index contributed by atoms with van der Waals surface area (Å²) in [7, 11) is 0. The fraction of sp³-hybridized carbons (Fsp3) is 0.500.